The van der Waals surface area contributed by atoms with E-state index in [0.717, 1.165) is 5.56 Å². The highest BCUT2D eigenvalue weighted by molar-refractivity contribution is 5.64. The van der Waals surface area contributed by atoms with Gasteiger partial charge in [0.2, 0.25) is 0 Å². The lowest BCUT2D eigenvalue weighted by Gasteiger charge is -2.20. The first-order valence-corrected chi connectivity index (χ1v) is 7.90. The van der Waals surface area contributed by atoms with Crippen molar-refractivity contribution < 1.29 is 23.7 Å². The molecule has 2 aromatic carbocycles. The van der Waals surface area contributed by atoms with Crippen LogP contribution in [0.2, 0.25) is 0 Å². The third-order valence-corrected chi connectivity index (χ3v) is 3.24. The van der Waals surface area contributed by atoms with Gasteiger partial charge in [0.1, 0.15) is 5.75 Å². The van der Waals surface area contributed by atoms with Crippen LogP contribution in [0.15, 0.2) is 60.7 Å². The van der Waals surface area contributed by atoms with Crippen LogP contribution in [0.25, 0.3) is 0 Å². The van der Waals surface area contributed by atoms with Crippen molar-refractivity contribution in [2.75, 3.05) is 13.2 Å². The molecule has 2 unspecified atom stereocenters. The van der Waals surface area contributed by atoms with Crippen molar-refractivity contribution in [1.29, 1.82) is 0 Å². The number of carbonyl (C=O) groups excluding carboxylic acids is 1. The van der Waals surface area contributed by atoms with Gasteiger partial charge in [-0.1, -0.05) is 48.5 Å². The summed E-state index contributed by atoms with van der Waals surface area (Å²) < 4.78 is 21.5. The fraction of sp³-hybridized carbons (Fsp3) is 0.316. The number of hydrogen-bond donors (Lipinski definition) is 0. The number of rotatable bonds is 8. The first-order valence-electron chi connectivity index (χ1n) is 7.90. The summed E-state index contributed by atoms with van der Waals surface area (Å²) in [5.41, 5.74) is 0.825. The van der Waals surface area contributed by atoms with Crippen LogP contribution in [0.1, 0.15) is 25.5 Å². The van der Waals surface area contributed by atoms with Gasteiger partial charge in [-0.05, 0) is 31.5 Å². The topological polar surface area (TPSA) is 54.0 Å². The molecule has 24 heavy (non-hydrogen) atoms. The number of hydrogen-bond acceptors (Lipinski definition) is 5. The molecule has 0 fully saturated rings. The number of para-hydroxylation sites is 1. The molecule has 0 spiro atoms. The van der Waals surface area contributed by atoms with Crippen LogP contribution in [0, 0.1) is 0 Å². The molecule has 0 bridgehead atoms. The second-order valence-corrected chi connectivity index (χ2v) is 5.04. The Balaban J connectivity index is 1.98. The molecule has 2 atom stereocenters. The van der Waals surface area contributed by atoms with Gasteiger partial charge < -0.3 is 18.9 Å². The normalized spacial score (nSPS) is 13.1. The smallest absolute Gasteiger partial charge is 0.423 e. The van der Waals surface area contributed by atoms with Crippen LogP contribution in [0.5, 0.6) is 5.75 Å². The zero-order valence-electron chi connectivity index (χ0n) is 13.9. The SMILES string of the molecule is CCOC(C)OCC(OC(=O)Oc1ccccc1)c1ccccc1. The summed E-state index contributed by atoms with van der Waals surface area (Å²) in [4.78, 5) is 12.0. The van der Waals surface area contributed by atoms with Gasteiger partial charge in [-0.3, -0.25) is 0 Å². The van der Waals surface area contributed by atoms with E-state index in [4.69, 9.17) is 18.9 Å². The first-order chi connectivity index (χ1) is 11.7. The maximum Gasteiger partial charge on any atom is 0.514 e. The molecule has 0 aliphatic carbocycles. The molecule has 0 N–H and O–H groups in total. The molecule has 2 aromatic rings. The molecule has 2 rings (SSSR count). The van der Waals surface area contributed by atoms with Crippen molar-refractivity contribution in [2.45, 2.75) is 26.2 Å². The molecule has 5 nitrogen and oxygen atoms in total. The minimum Gasteiger partial charge on any atom is -0.423 e. The second kappa shape index (κ2) is 9.70. The lowest BCUT2D eigenvalue weighted by molar-refractivity contribution is -0.146. The van der Waals surface area contributed by atoms with Gasteiger partial charge in [-0.25, -0.2) is 4.79 Å². The maximum absolute atomic E-state index is 12.0. The zero-order valence-corrected chi connectivity index (χ0v) is 13.9. The largest absolute Gasteiger partial charge is 0.514 e. The quantitative estimate of drug-likeness (QED) is 0.409. The Kier molecular flexibility index (Phi) is 7.26. The Morgan fingerprint density at radius 3 is 2.21 bits per heavy atom. The van der Waals surface area contributed by atoms with Crippen molar-refractivity contribution in [3.63, 3.8) is 0 Å². The standard InChI is InChI=1S/C19H22O5/c1-3-21-15(2)22-14-18(16-10-6-4-7-11-16)24-19(20)23-17-12-8-5-9-13-17/h4-13,15,18H,3,14H2,1-2H3. The van der Waals surface area contributed by atoms with Gasteiger partial charge in [0.05, 0.1) is 6.61 Å². The van der Waals surface area contributed by atoms with E-state index in [9.17, 15) is 4.79 Å². The van der Waals surface area contributed by atoms with E-state index in [2.05, 4.69) is 0 Å². The van der Waals surface area contributed by atoms with Gasteiger partial charge in [-0.15, -0.1) is 0 Å². The Labute approximate surface area is 142 Å². The summed E-state index contributed by atoms with van der Waals surface area (Å²) in [5.74, 6) is 0.429. The Bertz CT molecular complexity index is 600. The van der Waals surface area contributed by atoms with Crippen molar-refractivity contribution in [1.82, 2.24) is 0 Å². The molecule has 0 aliphatic rings. The molecule has 0 heterocycles. The summed E-state index contributed by atoms with van der Waals surface area (Å²) in [6.07, 6.45) is -1.73. The average Bonchev–Trinajstić information content (AvgIpc) is 2.60. The van der Waals surface area contributed by atoms with E-state index in [0.29, 0.717) is 12.4 Å². The minimum absolute atomic E-state index is 0.176. The average molecular weight is 330 g/mol. The summed E-state index contributed by atoms with van der Waals surface area (Å²) in [6, 6.07) is 18.2. The van der Waals surface area contributed by atoms with Crippen LogP contribution >= 0.6 is 0 Å². The summed E-state index contributed by atoms with van der Waals surface area (Å²) >= 11 is 0. The summed E-state index contributed by atoms with van der Waals surface area (Å²) in [5, 5.41) is 0. The van der Waals surface area contributed by atoms with E-state index in [1.165, 1.54) is 0 Å². The Morgan fingerprint density at radius 1 is 0.958 bits per heavy atom. The highest BCUT2D eigenvalue weighted by atomic mass is 16.7. The van der Waals surface area contributed by atoms with Crippen LogP contribution in [0.4, 0.5) is 4.79 Å². The van der Waals surface area contributed by atoms with Crippen LogP contribution < -0.4 is 4.74 Å². The number of ether oxygens (including phenoxy) is 4. The molecule has 0 saturated heterocycles. The van der Waals surface area contributed by atoms with E-state index in [1.54, 1.807) is 31.2 Å². The van der Waals surface area contributed by atoms with Gasteiger partial charge in [-0.2, -0.15) is 0 Å². The Hall–Kier alpha value is -2.37. The predicted molar refractivity (Wildman–Crippen MR) is 89.8 cm³/mol. The van der Waals surface area contributed by atoms with Crippen molar-refractivity contribution >= 4 is 6.16 Å². The number of benzene rings is 2. The zero-order chi connectivity index (χ0) is 17.2. The van der Waals surface area contributed by atoms with E-state index in [1.807, 2.05) is 43.3 Å². The highest BCUT2D eigenvalue weighted by Gasteiger charge is 2.20. The van der Waals surface area contributed by atoms with Gasteiger partial charge in [0, 0.05) is 6.61 Å². The van der Waals surface area contributed by atoms with Crippen LogP contribution in [-0.4, -0.2) is 25.7 Å². The van der Waals surface area contributed by atoms with Crippen LogP contribution in [0.3, 0.4) is 0 Å². The van der Waals surface area contributed by atoms with Gasteiger partial charge in [0.25, 0.3) is 0 Å². The molecule has 0 amide bonds. The van der Waals surface area contributed by atoms with Crippen molar-refractivity contribution in [3.8, 4) is 5.75 Å². The lowest BCUT2D eigenvalue weighted by Crippen LogP contribution is -2.22. The predicted octanol–water partition coefficient (Wildman–Crippen LogP) is 4.34. The third kappa shape index (κ3) is 6.02. The van der Waals surface area contributed by atoms with Gasteiger partial charge in [0.15, 0.2) is 12.4 Å². The molecule has 0 radical (unpaired) electrons. The van der Waals surface area contributed by atoms with E-state index in [-0.39, 0.29) is 12.9 Å². The molecule has 0 saturated carbocycles. The Morgan fingerprint density at radius 2 is 1.58 bits per heavy atom. The fourth-order valence-corrected chi connectivity index (χ4v) is 2.10. The monoisotopic (exact) mass is 330 g/mol. The second-order valence-electron chi connectivity index (χ2n) is 5.04. The maximum atomic E-state index is 12.0. The van der Waals surface area contributed by atoms with Crippen LogP contribution in [-0.2, 0) is 14.2 Å². The fourth-order valence-electron chi connectivity index (χ4n) is 2.10. The molecule has 0 aliphatic heterocycles. The minimum atomic E-state index is -0.775. The summed E-state index contributed by atoms with van der Waals surface area (Å²) in [6.45, 7) is 4.42. The lowest BCUT2D eigenvalue weighted by atomic mass is 10.1. The van der Waals surface area contributed by atoms with Crippen molar-refractivity contribution in [2.24, 2.45) is 0 Å². The van der Waals surface area contributed by atoms with Crippen molar-refractivity contribution in [3.05, 3.63) is 66.2 Å². The third-order valence-electron chi connectivity index (χ3n) is 3.24. The number of carbonyl (C=O) groups is 1. The molecule has 0 aromatic heterocycles. The molecule has 128 valence electrons. The summed E-state index contributed by atoms with van der Waals surface area (Å²) in [7, 11) is 0. The molecular weight excluding hydrogens is 308 g/mol. The van der Waals surface area contributed by atoms with Gasteiger partial charge >= 0.3 is 6.16 Å². The first kappa shape index (κ1) is 18.0. The molecule has 5 heteroatoms. The van der Waals surface area contributed by atoms with E-state index >= 15 is 0 Å². The molecular formula is C19H22O5. The highest BCUT2D eigenvalue weighted by Crippen LogP contribution is 2.20. The van der Waals surface area contributed by atoms with E-state index < -0.39 is 12.3 Å².